The van der Waals surface area contributed by atoms with E-state index >= 15 is 0 Å². The number of hydrogen-bond acceptors (Lipinski definition) is 4. The summed E-state index contributed by atoms with van der Waals surface area (Å²) in [5, 5.41) is 12.5. The Morgan fingerprint density at radius 1 is 1.45 bits per heavy atom. The zero-order chi connectivity index (χ0) is 15.2. The molecular weight excluding hydrogens is 258 g/mol. The number of hydrogen-bond donors (Lipinski definition) is 2. The lowest BCUT2D eigenvalue weighted by molar-refractivity contribution is -0.153. The molecule has 3 atom stereocenters. The maximum atomic E-state index is 12.0. The molecule has 0 saturated heterocycles. The first kappa shape index (κ1) is 17.0. The van der Waals surface area contributed by atoms with Crippen molar-refractivity contribution >= 4 is 11.9 Å². The van der Waals surface area contributed by atoms with Gasteiger partial charge in [0.25, 0.3) is 0 Å². The van der Waals surface area contributed by atoms with Crippen LogP contribution in [0.15, 0.2) is 0 Å². The van der Waals surface area contributed by atoms with E-state index < -0.39 is 5.41 Å². The number of carbonyl (C=O) groups excluding carboxylic acids is 2. The minimum atomic E-state index is -0.504. The topological polar surface area (TPSA) is 75.6 Å². The van der Waals surface area contributed by atoms with E-state index in [0.29, 0.717) is 31.7 Å². The maximum Gasteiger partial charge on any atom is 0.311 e. The number of carbonyl (C=O) groups is 2. The number of aliphatic hydroxyl groups excluding tert-OH is 1. The normalized spacial score (nSPS) is 27.1. The second-order valence-electron chi connectivity index (χ2n) is 6.08. The van der Waals surface area contributed by atoms with Crippen LogP contribution >= 0.6 is 0 Å². The van der Waals surface area contributed by atoms with Crippen LogP contribution in [-0.4, -0.2) is 36.7 Å². The largest absolute Gasteiger partial charge is 0.469 e. The summed E-state index contributed by atoms with van der Waals surface area (Å²) < 4.78 is 4.92. The van der Waals surface area contributed by atoms with Crippen LogP contribution in [0, 0.1) is 11.3 Å². The molecule has 0 spiro atoms. The molecule has 5 heteroatoms. The van der Waals surface area contributed by atoms with Crippen molar-refractivity contribution in [1.29, 1.82) is 0 Å². The lowest BCUT2D eigenvalue weighted by atomic mass is 9.79. The Balaban J connectivity index is 2.43. The number of nitrogens with one attached hydrogen (secondary N) is 1. The van der Waals surface area contributed by atoms with Gasteiger partial charge in [0.1, 0.15) is 0 Å². The number of amides is 1. The van der Waals surface area contributed by atoms with Gasteiger partial charge in [0.15, 0.2) is 0 Å². The zero-order valence-corrected chi connectivity index (χ0v) is 12.8. The van der Waals surface area contributed by atoms with Gasteiger partial charge in [-0.25, -0.2) is 0 Å². The van der Waals surface area contributed by atoms with Gasteiger partial charge in [0.2, 0.25) is 5.91 Å². The molecule has 1 aliphatic carbocycles. The maximum absolute atomic E-state index is 12.0. The van der Waals surface area contributed by atoms with Gasteiger partial charge in [0.05, 0.1) is 18.6 Å². The van der Waals surface area contributed by atoms with Gasteiger partial charge >= 0.3 is 5.97 Å². The predicted molar refractivity (Wildman–Crippen MR) is 76.0 cm³/mol. The van der Waals surface area contributed by atoms with Crippen molar-refractivity contribution in [1.82, 2.24) is 5.32 Å². The molecule has 0 aliphatic heterocycles. The predicted octanol–water partition coefficient (Wildman–Crippen LogP) is 1.63. The SMILES string of the molecule is COC(=O)C1(CCC(C)CCNC(C)=O)CCC(O)C1. The van der Waals surface area contributed by atoms with Crippen LogP contribution in [0.1, 0.15) is 52.4 Å². The van der Waals surface area contributed by atoms with E-state index in [4.69, 9.17) is 4.74 Å². The Morgan fingerprint density at radius 3 is 2.65 bits per heavy atom. The van der Waals surface area contributed by atoms with E-state index in [1.807, 2.05) is 0 Å². The van der Waals surface area contributed by atoms with Gasteiger partial charge in [-0.15, -0.1) is 0 Å². The molecule has 3 unspecified atom stereocenters. The Bertz CT molecular complexity index is 345. The third kappa shape index (κ3) is 4.78. The number of rotatable bonds is 7. The van der Waals surface area contributed by atoms with E-state index in [2.05, 4.69) is 12.2 Å². The summed E-state index contributed by atoms with van der Waals surface area (Å²) in [6.07, 6.45) is 4.06. The highest BCUT2D eigenvalue weighted by Crippen LogP contribution is 2.44. The fourth-order valence-corrected chi connectivity index (χ4v) is 2.99. The molecule has 1 saturated carbocycles. The Hall–Kier alpha value is -1.10. The average molecular weight is 285 g/mol. The van der Waals surface area contributed by atoms with E-state index in [-0.39, 0.29) is 18.0 Å². The van der Waals surface area contributed by atoms with Crippen LogP contribution < -0.4 is 5.32 Å². The molecule has 20 heavy (non-hydrogen) atoms. The first-order valence-electron chi connectivity index (χ1n) is 7.40. The van der Waals surface area contributed by atoms with Crippen LogP contribution in [0.2, 0.25) is 0 Å². The van der Waals surface area contributed by atoms with Gasteiger partial charge in [-0.1, -0.05) is 6.92 Å². The molecule has 1 fully saturated rings. The van der Waals surface area contributed by atoms with Crippen LogP contribution in [0.25, 0.3) is 0 Å². The average Bonchev–Trinajstić information content (AvgIpc) is 2.78. The highest BCUT2D eigenvalue weighted by molar-refractivity contribution is 5.77. The highest BCUT2D eigenvalue weighted by atomic mass is 16.5. The summed E-state index contributed by atoms with van der Waals surface area (Å²) in [6, 6.07) is 0. The van der Waals surface area contributed by atoms with Gasteiger partial charge < -0.3 is 15.2 Å². The monoisotopic (exact) mass is 285 g/mol. The molecule has 0 aromatic rings. The number of methoxy groups -OCH3 is 1. The zero-order valence-electron chi connectivity index (χ0n) is 12.8. The Morgan fingerprint density at radius 2 is 2.15 bits per heavy atom. The molecule has 116 valence electrons. The van der Waals surface area contributed by atoms with Crippen molar-refractivity contribution in [3.8, 4) is 0 Å². The summed E-state index contributed by atoms with van der Waals surface area (Å²) in [5.41, 5.74) is -0.504. The summed E-state index contributed by atoms with van der Waals surface area (Å²) in [6.45, 7) is 4.30. The minimum Gasteiger partial charge on any atom is -0.469 e. The lowest BCUT2D eigenvalue weighted by Gasteiger charge is -2.27. The summed E-state index contributed by atoms with van der Waals surface area (Å²) >= 11 is 0. The molecule has 1 rings (SSSR count). The number of ether oxygens (including phenoxy) is 1. The van der Waals surface area contributed by atoms with Gasteiger partial charge in [-0.05, 0) is 44.4 Å². The number of esters is 1. The molecule has 1 aliphatic rings. The summed E-state index contributed by atoms with van der Waals surface area (Å²) in [5.74, 6) is 0.228. The Labute approximate surface area is 121 Å². The van der Waals surface area contributed by atoms with Crippen LogP contribution in [0.4, 0.5) is 0 Å². The highest BCUT2D eigenvalue weighted by Gasteiger charge is 2.45. The molecule has 0 radical (unpaired) electrons. The minimum absolute atomic E-state index is 0.0119. The molecule has 0 aromatic carbocycles. The van der Waals surface area contributed by atoms with Gasteiger partial charge in [0, 0.05) is 13.5 Å². The first-order chi connectivity index (χ1) is 9.39. The van der Waals surface area contributed by atoms with Crippen molar-refractivity contribution in [2.24, 2.45) is 11.3 Å². The molecule has 0 bridgehead atoms. The van der Waals surface area contributed by atoms with Crippen molar-refractivity contribution in [3.05, 3.63) is 0 Å². The first-order valence-corrected chi connectivity index (χ1v) is 7.40. The van der Waals surface area contributed by atoms with Crippen molar-refractivity contribution < 1.29 is 19.4 Å². The fraction of sp³-hybridized carbons (Fsp3) is 0.867. The summed E-state index contributed by atoms with van der Waals surface area (Å²) in [7, 11) is 1.41. The van der Waals surface area contributed by atoms with E-state index in [1.165, 1.54) is 14.0 Å². The summed E-state index contributed by atoms with van der Waals surface area (Å²) in [4.78, 5) is 22.8. The second-order valence-corrected chi connectivity index (χ2v) is 6.08. The number of aliphatic hydroxyl groups is 1. The molecule has 0 aromatic heterocycles. The molecule has 1 amide bonds. The van der Waals surface area contributed by atoms with E-state index in [9.17, 15) is 14.7 Å². The van der Waals surface area contributed by atoms with Gasteiger partial charge in [-0.3, -0.25) is 9.59 Å². The molecule has 5 nitrogen and oxygen atoms in total. The van der Waals surface area contributed by atoms with Crippen LogP contribution in [-0.2, 0) is 14.3 Å². The van der Waals surface area contributed by atoms with E-state index in [1.54, 1.807) is 0 Å². The second kappa shape index (κ2) is 7.62. The van der Waals surface area contributed by atoms with Crippen molar-refractivity contribution in [2.45, 2.75) is 58.5 Å². The van der Waals surface area contributed by atoms with E-state index in [0.717, 1.165) is 19.3 Å². The van der Waals surface area contributed by atoms with Crippen LogP contribution in [0.3, 0.4) is 0 Å². The molecule has 0 heterocycles. The lowest BCUT2D eigenvalue weighted by Crippen LogP contribution is -2.31. The quantitative estimate of drug-likeness (QED) is 0.697. The third-order valence-corrected chi connectivity index (χ3v) is 4.33. The van der Waals surface area contributed by atoms with Crippen molar-refractivity contribution in [3.63, 3.8) is 0 Å². The third-order valence-electron chi connectivity index (χ3n) is 4.33. The standard InChI is InChI=1S/C15H27NO4/c1-11(6-9-16-12(2)17)4-7-15(14(19)20-3)8-5-13(18)10-15/h11,13,18H,4-10H2,1-3H3,(H,16,17). The van der Waals surface area contributed by atoms with Gasteiger partial charge in [-0.2, -0.15) is 0 Å². The Kier molecular flexibility index (Phi) is 6.46. The van der Waals surface area contributed by atoms with Crippen molar-refractivity contribution in [2.75, 3.05) is 13.7 Å². The smallest absolute Gasteiger partial charge is 0.311 e. The molecular formula is C15H27NO4. The van der Waals surface area contributed by atoms with Crippen LogP contribution in [0.5, 0.6) is 0 Å². The fourth-order valence-electron chi connectivity index (χ4n) is 2.99. The molecule has 2 N–H and O–H groups in total.